The number of rotatable bonds is 6. The van der Waals surface area contributed by atoms with E-state index in [4.69, 9.17) is 11.6 Å². The van der Waals surface area contributed by atoms with Crippen molar-refractivity contribution in [3.63, 3.8) is 0 Å². The molecule has 5 nitrogen and oxygen atoms in total. The van der Waals surface area contributed by atoms with Gasteiger partial charge in [-0.15, -0.1) is 18.3 Å². The van der Waals surface area contributed by atoms with Crippen molar-refractivity contribution in [2.45, 2.75) is 4.90 Å². The van der Waals surface area contributed by atoms with Crippen LogP contribution in [0.2, 0.25) is 5.02 Å². The lowest BCUT2D eigenvalue weighted by molar-refractivity contribution is -0.112. The number of para-hydroxylation sites is 1. The average molecular weight is 497 g/mol. The van der Waals surface area contributed by atoms with Gasteiger partial charge in [0.05, 0.1) is 17.9 Å². The molecule has 0 fully saturated rings. The van der Waals surface area contributed by atoms with E-state index < -0.39 is 15.9 Å². The first-order valence-corrected chi connectivity index (χ1v) is 13.1. The highest BCUT2D eigenvalue weighted by molar-refractivity contribution is 7.98. The monoisotopic (exact) mass is 496 g/mol. The summed E-state index contributed by atoms with van der Waals surface area (Å²) >= 11 is 7.77. The molecule has 1 aliphatic heterocycles. The maximum Gasteiger partial charge on any atom is 0.270 e. The molecule has 0 saturated carbocycles. The molecule has 1 heterocycles. The van der Waals surface area contributed by atoms with Crippen molar-refractivity contribution in [3.8, 4) is 0 Å². The van der Waals surface area contributed by atoms with Crippen LogP contribution in [0.4, 0.5) is 11.4 Å². The van der Waals surface area contributed by atoms with Gasteiger partial charge in [-0.3, -0.25) is 9.10 Å². The van der Waals surface area contributed by atoms with Crippen molar-refractivity contribution < 1.29 is 13.2 Å². The Labute approximate surface area is 202 Å². The summed E-state index contributed by atoms with van der Waals surface area (Å²) < 4.78 is 28.9. The van der Waals surface area contributed by atoms with Crippen LogP contribution < -0.4 is 9.62 Å². The Balaban J connectivity index is 2.01. The highest BCUT2D eigenvalue weighted by Gasteiger charge is 2.41. The number of amides is 1. The largest absolute Gasteiger partial charge is 0.320 e. The number of carbonyl (C=O) groups is 1. The number of benzene rings is 3. The van der Waals surface area contributed by atoms with Crippen molar-refractivity contribution in [2.75, 3.05) is 22.4 Å². The molecule has 33 heavy (non-hydrogen) atoms. The molecule has 0 spiro atoms. The number of halogens is 1. The topological polar surface area (TPSA) is 66.5 Å². The van der Waals surface area contributed by atoms with Crippen LogP contribution >= 0.6 is 23.4 Å². The van der Waals surface area contributed by atoms with Gasteiger partial charge >= 0.3 is 0 Å². The second-order valence-corrected chi connectivity index (χ2v) is 10.3. The van der Waals surface area contributed by atoms with Gasteiger partial charge in [0.15, 0.2) is 4.91 Å². The van der Waals surface area contributed by atoms with E-state index in [0.717, 1.165) is 4.90 Å². The van der Waals surface area contributed by atoms with Crippen molar-refractivity contribution in [3.05, 3.63) is 107 Å². The molecule has 3 aromatic rings. The molecule has 1 amide bonds. The first kappa shape index (κ1) is 23.2. The van der Waals surface area contributed by atoms with E-state index in [2.05, 4.69) is 11.9 Å². The van der Waals surface area contributed by atoms with E-state index in [-0.39, 0.29) is 11.4 Å². The van der Waals surface area contributed by atoms with Gasteiger partial charge in [0.2, 0.25) is 0 Å². The van der Waals surface area contributed by atoms with E-state index >= 15 is 0 Å². The van der Waals surface area contributed by atoms with E-state index in [1.54, 1.807) is 54.6 Å². The van der Waals surface area contributed by atoms with Crippen LogP contribution in [0.1, 0.15) is 11.1 Å². The smallest absolute Gasteiger partial charge is 0.270 e. The van der Waals surface area contributed by atoms with E-state index in [1.807, 2.05) is 24.5 Å². The number of carbonyl (C=O) groups excluding carboxylic acids is 1. The molecular weight excluding hydrogens is 476 g/mol. The number of fused-ring (bicyclic) bond motifs is 1. The van der Waals surface area contributed by atoms with Gasteiger partial charge in [0.25, 0.3) is 15.9 Å². The molecule has 0 bridgehead atoms. The van der Waals surface area contributed by atoms with Crippen molar-refractivity contribution >= 4 is 56.2 Å². The molecule has 1 N–H and O–H groups in total. The molecular formula is C25H21ClN2O3S2. The zero-order valence-corrected chi connectivity index (χ0v) is 20.2. The molecule has 0 unspecified atom stereocenters. The second kappa shape index (κ2) is 9.47. The highest BCUT2D eigenvalue weighted by Crippen LogP contribution is 2.44. The Hall–Kier alpha value is -3.00. The number of nitrogens with one attached hydrogen (secondary N) is 1. The summed E-state index contributed by atoms with van der Waals surface area (Å²) in [6, 6.07) is 21.2. The number of thioether (sulfide) groups is 1. The average Bonchev–Trinajstić information content (AvgIpc) is 2.81. The number of nitrogens with zero attached hydrogens (tertiary/aromatic N) is 1. The summed E-state index contributed by atoms with van der Waals surface area (Å²) in [4.78, 5) is 14.1. The van der Waals surface area contributed by atoms with Crippen LogP contribution in [0, 0.1) is 0 Å². The van der Waals surface area contributed by atoms with Gasteiger partial charge in [-0.1, -0.05) is 60.1 Å². The molecule has 4 rings (SSSR count). The van der Waals surface area contributed by atoms with Crippen LogP contribution in [0.15, 0.2) is 95.3 Å². The summed E-state index contributed by atoms with van der Waals surface area (Å²) in [6.45, 7) is 3.71. The molecule has 0 atom stereocenters. The Bertz CT molecular complexity index is 1370. The molecule has 168 valence electrons. The van der Waals surface area contributed by atoms with Crippen LogP contribution in [-0.4, -0.2) is 27.1 Å². The predicted octanol–water partition coefficient (Wildman–Crippen LogP) is 5.80. The van der Waals surface area contributed by atoms with Crippen molar-refractivity contribution in [1.29, 1.82) is 0 Å². The number of hydrogen-bond donors (Lipinski definition) is 1. The lowest BCUT2D eigenvalue weighted by Crippen LogP contribution is -2.39. The van der Waals surface area contributed by atoms with Gasteiger partial charge < -0.3 is 5.32 Å². The number of sulfonamides is 1. The van der Waals surface area contributed by atoms with E-state index in [0.29, 0.717) is 33.1 Å². The first-order chi connectivity index (χ1) is 15.9. The minimum atomic E-state index is -4.21. The molecule has 0 aromatic heterocycles. The fraction of sp³-hybridized carbons (Fsp3) is 0.0800. The fourth-order valence-electron chi connectivity index (χ4n) is 3.78. The normalized spacial score (nSPS) is 14.5. The van der Waals surface area contributed by atoms with Gasteiger partial charge in [-0.2, -0.15) is 0 Å². The van der Waals surface area contributed by atoms with Gasteiger partial charge in [-0.05, 0) is 42.2 Å². The standard InChI is InChI=1S/C25H21ClN2O3S2/c1-3-15-28-21-14-13-18(26)16-19(21)23(17-9-5-4-6-10-17)24(33(28,30)31)25(29)27-20-11-7-8-12-22(20)32-2/h3-14,16H,1,15H2,2H3,(H,27,29). The minimum Gasteiger partial charge on any atom is -0.320 e. The Morgan fingerprint density at radius 3 is 2.48 bits per heavy atom. The zero-order valence-electron chi connectivity index (χ0n) is 17.8. The number of hydrogen-bond acceptors (Lipinski definition) is 4. The third-order valence-electron chi connectivity index (χ3n) is 5.19. The molecule has 3 aromatic carbocycles. The second-order valence-electron chi connectivity index (χ2n) is 7.21. The zero-order chi connectivity index (χ0) is 23.6. The molecule has 0 saturated heterocycles. The molecule has 0 radical (unpaired) electrons. The summed E-state index contributed by atoms with van der Waals surface area (Å²) in [5, 5.41) is 3.25. The lowest BCUT2D eigenvalue weighted by Gasteiger charge is -2.33. The summed E-state index contributed by atoms with van der Waals surface area (Å²) in [5.74, 6) is -0.713. The predicted molar refractivity (Wildman–Crippen MR) is 137 cm³/mol. The van der Waals surface area contributed by atoms with Gasteiger partial charge in [0, 0.05) is 21.1 Å². The molecule has 1 aliphatic rings. The quantitative estimate of drug-likeness (QED) is 0.346. The minimum absolute atomic E-state index is 0.0111. The Kier molecular flexibility index (Phi) is 6.65. The SMILES string of the molecule is C=CCN1c2ccc(Cl)cc2C(c2ccccc2)=C(C(=O)Nc2ccccc2SC)S1(=O)=O. The first-order valence-electron chi connectivity index (χ1n) is 10.1. The van der Waals surface area contributed by atoms with Crippen LogP contribution in [0.25, 0.3) is 5.57 Å². The molecule has 8 heteroatoms. The van der Waals surface area contributed by atoms with Crippen LogP contribution in [-0.2, 0) is 14.8 Å². The van der Waals surface area contributed by atoms with Crippen molar-refractivity contribution in [1.82, 2.24) is 0 Å². The summed E-state index contributed by atoms with van der Waals surface area (Å²) in [5.41, 5.74) is 2.46. The Morgan fingerprint density at radius 2 is 1.79 bits per heavy atom. The third-order valence-corrected chi connectivity index (χ3v) is 8.05. The van der Waals surface area contributed by atoms with Crippen LogP contribution in [0.5, 0.6) is 0 Å². The van der Waals surface area contributed by atoms with Gasteiger partial charge in [-0.25, -0.2) is 8.42 Å². The fourth-order valence-corrected chi connectivity index (χ4v) is 6.22. The maximum atomic E-state index is 13.8. The van der Waals surface area contributed by atoms with E-state index in [9.17, 15) is 13.2 Å². The van der Waals surface area contributed by atoms with Gasteiger partial charge in [0.1, 0.15) is 0 Å². The number of anilines is 2. The highest BCUT2D eigenvalue weighted by atomic mass is 35.5. The molecule has 0 aliphatic carbocycles. The van der Waals surface area contributed by atoms with E-state index in [1.165, 1.54) is 22.1 Å². The van der Waals surface area contributed by atoms with Crippen LogP contribution in [0.3, 0.4) is 0 Å². The summed E-state index contributed by atoms with van der Waals surface area (Å²) in [7, 11) is -4.21. The Morgan fingerprint density at radius 1 is 1.09 bits per heavy atom. The third kappa shape index (κ3) is 4.31. The lowest BCUT2D eigenvalue weighted by atomic mass is 9.95. The van der Waals surface area contributed by atoms with Crippen molar-refractivity contribution in [2.24, 2.45) is 0 Å². The summed E-state index contributed by atoms with van der Waals surface area (Å²) in [6.07, 6.45) is 3.38. The maximum absolute atomic E-state index is 13.8.